The molecule has 0 aromatic carbocycles. The molecule has 11 nitrogen and oxygen atoms in total. The molecule has 6 N–H and O–H groups in total. The smallest absolute Gasteiger partial charge is 0.222 e. The van der Waals surface area contributed by atoms with Crippen molar-refractivity contribution in [2.75, 3.05) is 52.8 Å². The summed E-state index contributed by atoms with van der Waals surface area (Å²) in [7, 11) is 0. The minimum Gasteiger partial charge on any atom is -0.389 e. The lowest BCUT2D eigenvalue weighted by molar-refractivity contribution is -0.130. The highest BCUT2D eigenvalue weighted by atomic mass is 16.5. The second-order valence-corrected chi connectivity index (χ2v) is 7.89. The predicted molar refractivity (Wildman–Crippen MR) is 130 cm³/mol. The molecule has 0 aliphatic carbocycles. The first kappa shape index (κ1) is 30.8. The van der Waals surface area contributed by atoms with Crippen molar-refractivity contribution < 1.29 is 33.7 Å². The molecule has 11 heteroatoms. The predicted octanol–water partition coefficient (Wildman–Crippen LogP) is 0.118. The van der Waals surface area contributed by atoms with Gasteiger partial charge in [-0.05, 0) is 44.4 Å². The number of hydrogen-bond donors (Lipinski definition) is 4. The maximum absolute atomic E-state index is 12.1. The van der Waals surface area contributed by atoms with E-state index < -0.39 is 18.4 Å². The van der Waals surface area contributed by atoms with Crippen molar-refractivity contribution in [3.63, 3.8) is 0 Å². The molecule has 0 spiro atoms. The molecule has 0 aliphatic rings. The summed E-state index contributed by atoms with van der Waals surface area (Å²) in [6.45, 7) is 2.41. The molecule has 1 aromatic rings. The molecule has 1 aromatic heterocycles. The van der Waals surface area contributed by atoms with Crippen LogP contribution in [0.2, 0.25) is 0 Å². The number of nitrogens with zero attached hydrogens (tertiary/aromatic N) is 1. The van der Waals surface area contributed by atoms with Crippen LogP contribution in [0.25, 0.3) is 0 Å². The Kier molecular flexibility index (Phi) is 17.5. The van der Waals surface area contributed by atoms with Gasteiger partial charge in [0.05, 0.1) is 44.8 Å². The van der Waals surface area contributed by atoms with E-state index in [1.807, 2.05) is 0 Å². The summed E-state index contributed by atoms with van der Waals surface area (Å²) >= 11 is 0. The van der Waals surface area contributed by atoms with E-state index in [2.05, 4.69) is 10.3 Å². The van der Waals surface area contributed by atoms with Crippen molar-refractivity contribution in [2.24, 2.45) is 11.5 Å². The number of rotatable bonds is 22. The number of ether oxygens (including phenoxy) is 3. The zero-order valence-corrected chi connectivity index (χ0v) is 20.4. The van der Waals surface area contributed by atoms with E-state index in [9.17, 15) is 14.4 Å². The molecule has 198 valence electrons. The zero-order chi connectivity index (χ0) is 25.7. The summed E-state index contributed by atoms with van der Waals surface area (Å²) in [4.78, 5) is 39.9. The minimum absolute atomic E-state index is 0.0221. The van der Waals surface area contributed by atoms with Crippen LogP contribution in [0.1, 0.15) is 54.6 Å². The van der Waals surface area contributed by atoms with Gasteiger partial charge in [-0.1, -0.05) is 0 Å². The monoisotopic (exact) mass is 496 g/mol. The fourth-order valence-corrected chi connectivity index (χ4v) is 3.08. The highest BCUT2D eigenvalue weighted by molar-refractivity contribution is 5.95. The first-order valence-corrected chi connectivity index (χ1v) is 12.1. The van der Waals surface area contributed by atoms with Gasteiger partial charge < -0.3 is 36.1 Å². The van der Waals surface area contributed by atoms with Crippen molar-refractivity contribution in [1.29, 1.82) is 0 Å². The molecular weight excluding hydrogens is 456 g/mol. The Morgan fingerprint density at radius 2 is 1.60 bits per heavy atom. The summed E-state index contributed by atoms with van der Waals surface area (Å²) in [6.07, 6.45) is 4.56. The maximum Gasteiger partial charge on any atom is 0.222 e. The molecule has 0 aliphatic heterocycles. The highest BCUT2D eigenvalue weighted by Gasteiger charge is 2.19. The topological polar surface area (TPSA) is 176 Å². The fourth-order valence-electron chi connectivity index (χ4n) is 3.08. The number of nitrogens with two attached hydrogens (primary N) is 2. The Labute approximate surface area is 206 Å². The number of unbranched alkanes of at least 4 members (excludes halogenated alkanes) is 1. The third kappa shape index (κ3) is 14.7. The second-order valence-electron chi connectivity index (χ2n) is 7.89. The van der Waals surface area contributed by atoms with Crippen LogP contribution >= 0.6 is 0 Å². The molecule has 1 rings (SSSR count). The number of pyridine rings is 1. The van der Waals surface area contributed by atoms with Crippen molar-refractivity contribution in [3.8, 4) is 0 Å². The summed E-state index contributed by atoms with van der Waals surface area (Å²) in [5, 5.41) is 11.7. The van der Waals surface area contributed by atoms with Gasteiger partial charge in [-0.25, -0.2) is 0 Å². The molecule has 0 saturated heterocycles. The molecule has 1 heterocycles. The highest BCUT2D eigenvalue weighted by Crippen LogP contribution is 2.06. The Bertz CT molecular complexity index is 731. The van der Waals surface area contributed by atoms with E-state index in [0.717, 1.165) is 12.1 Å². The molecular formula is C24H40N4O7. The number of aliphatic hydroxyl groups excluding tert-OH is 1. The van der Waals surface area contributed by atoms with Crippen LogP contribution in [0, 0.1) is 0 Å². The number of amides is 1. The average molecular weight is 497 g/mol. The molecule has 0 fully saturated rings. The van der Waals surface area contributed by atoms with Crippen LogP contribution < -0.4 is 16.8 Å². The Hall–Kier alpha value is -2.28. The molecule has 1 amide bonds. The molecule has 1 atom stereocenters. The maximum atomic E-state index is 12.1. The molecule has 0 radical (unpaired) electrons. The summed E-state index contributed by atoms with van der Waals surface area (Å²) in [5.74, 6) is -0.691. The van der Waals surface area contributed by atoms with Gasteiger partial charge in [0.25, 0.3) is 0 Å². The SMILES string of the molecule is NCCCCC(NC(=O)CCOCCOCCOCCCC(=O)c1ccc(CN)nc1)C(=O)CO. The van der Waals surface area contributed by atoms with Gasteiger partial charge in [-0.3, -0.25) is 19.4 Å². The number of Topliss-reactive ketones (excluding diaryl/α,β-unsaturated/α-hetero) is 2. The van der Waals surface area contributed by atoms with Crippen LogP contribution in [-0.2, 0) is 30.3 Å². The normalized spacial score (nSPS) is 11.9. The number of aromatic nitrogens is 1. The molecule has 0 saturated carbocycles. The van der Waals surface area contributed by atoms with Crippen LogP contribution in [0.5, 0.6) is 0 Å². The number of nitrogens with one attached hydrogen (secondary N) is 1. The standard InChI is InChI=1S/C24H40N4O7/c25-9-2-1-4-21(23(31)18-29)28-24(32)8-11-34-13-15-35-14-12-33-10-3-5-22(30)19-6-7-20(16-26)27-17-19/h6-7,17,21,29H,1-5,8-16,18,25-26H2,(H,28,32). The van der Waals surface area contributed by atoms with E-state index in [1.165, 1.54) is 0 Å². The summed E-state index contributed by atoms with van der Waals surface area (Å²) in [5.41, 5.74) is 12.3. The second kappa shape index (κ2) is 20.0. The fraction of sp³-hybridized carbons (Fsp3) is 0.667. The van der Waals surface area contributed by atoms with E-state index in [1.54, 1.807) is 18.3 Å². The Balaban J connectivity index is 1.98. The molecule has 0 bridgehead atoms. The van der Waals surface area contributed by atoms with E-state index in [-0.39, 0.29) is 24.7 Å². The van der Waals surface area contributed by atoms with Crippen LogP contribution in [0.3, 0.4) is 0 Å². The van der Waals surface area contributed by atoms with Crippen molar-refractivity contribution in [2.45, 2.75) is 51.1 Å². The van der Waals surface area contributed by atoms with E-state index >= 15 is 0 Å². The number of aliphatic hydroxyl groups is 1. The molecule has 35 heavy (non-hydrogen) atoms. The van der Waals surface area contributed by atoms with Gasteiger partial charge in [0, 0.05) is 37.8 Å². The largest absolute Gasteiger partial charge is 0.389 e. The van der Waals surface area contributed by atoms with Crippen LogP contribution in [-0.4, -0.2) is 86.4 Å². The van der Waals surface area contributed by atoms with Crippen LogP contribution in [0.15, 0.2) is 18.3 Å². The Morgan fingerprint density at radius 3 is 2.20 bits per heavy atom. The zero-order valence-electron chi connectivity index (χ0n) is 20.4. The minimum atomic E-state index is -0.694. The third-order valence-corrected chi connectivity index (χ3v) is 5.09. The van der Waals surface area contributed by atoms with Gasteiger partial charge in [0.1, 0.15) is 6.61 Å². The number of carbonyl (C=O) groups excluding carboxylic acids is 3. The van der Waals surface area contributed by atoms with E-state index in [0.29, 0.717) is 77.4 Å². The van der Waals surface area contributed by atoms with E-state index in [4.69, 9.17) is 30.8 Å². The number of hydrogen-bond acceptors (Lipinski definition) is 10. The first-order chi connectivity index (χ1) is 17.0. The summed E-state index contributed by atoms with van der Waals surface area (Å²) < 4.78 is 16.2. The average Bonchev–Trinajstić information content (AvgIpc) is 2.88. The molecule has 1 unspecified atom stereocenters. The first-order valence-electron chi connectivity index (χ1n) is 12.1. The third-order valence-electron chi connectivity index (χ3n) is 5.09. The number of carbonyl (C=O) groups is 3. The lowest BCUT2D eigenvalue weighted by atomic mass is 10.1. The van der Waals surface area contributed by atoms with Crippen LogP contribution in [0.4, 0.5) is 0 Å². The quantitative estimate of drug-likeness (QED) is 0.127. The van der Waals surface area contributed by atoms with Gasteiger partial charge >= 0.3 is 0 Å². The van der Waals surface area contributed by atoms with Crippen molar-refractivity contribution in [1.82, 2.24) is 10.3 Å². The Morgan fingerprint density at radius 1 is 0.914 bits per heavy atom. The van der Waals surface area contributed by atoms with Gasteiger partial charge in [0.2, 0.25) is 5.91 Å². The number of ketones is 2. The lowest BCUT2D eigenvalue weighted by Crippen LogP contribution is -2.42. The van der Waals surface area contributed by atoms with Gasteiger partial charge in [0.15, 0.2) is 11.6 Å². The lowest BCUT2D eigenvalue weighted by Gasteiger charge is -2.16. The van der Waals surface area contributed by atoms with Gasteiger partial charge in [-0.15, -0.1) is 0 Å². The van der Waals surface area contributed by atoms with Gasteiger partial charge in [-0.2, -0.15) is 0 Å². The summed E-state index contributed by atoms with van der Waals surface area (Å²) in [6, 6.07) is 2.79. The van der Waals surface area contributed by atoms with Crippen molar-refractivity contribution in [3.05, 3.63) is 29.6 Å². The van der Waals surface area contributed by atoms with Crippen molar-refractivity contribution >= 4 is 17.5 Å².